The van der Waals surface area contributed by atoms with E-state index in [0.717, 1.165) is 11.1 Å². The molecule has 29 heavy (non-hydrogen) atoms. The Balaban J connectivity index is 1.73. The molecule has 0 saturated heterocycles. The Morgan fingerprint density at radius 1 is 1.03 bits per heavy atom. The number of carbonyl (C=O) groups is 2. The molecular weight excluding hydrogens is 368 g/mol. The van der Waals surface area contributed by atoms with E-state index >= 15 is 0 Å². The summed E-state index contributed by atoms with van der Waals surface area (Å²) in [4.78, 5) is 34.9. The molecule has 0 aliphatic heterocycles. The second kappa shape index (κ2) is 8.93. The average Bonchev–Trinajstić information content (AvgIpc) is 2.71. The van der Waals surface area contributed by atoms with Crippen LogP contribution in [0.25, 0.3) is 11.0 Å². The maximum atomic E-state index is 12.7. The maximum absolute atomic E-state index is 12.7. The van der Waals surface area contributed by atoms with Gasteiger partial charge in [-0.15, -0.1) is 0 Å². The largest absolute Gasteiger partial charge is 0.452 e. The van der Waals surface area contributed by atoms with Gasteiger partial charge in [-0.3, -0.25) is 14.8 Å². The first-order valence-corrected chi connectivity index (χ1v) is 9.11. The molecular formula is C22H20N4O3. The number of fused-ring (bicyclic) bond motifs is 1. The van der Waals surface area contributed by atoms with Crippen molar-refractivity contribution in [3.63, 3.8) is 0 Å². The van der Waals surface area contributed by atoms with Crippen molar-refractivity contribution in [2.75, 3.05) is 18.1 Å². The first kappa shape index (κ1) is 20.0. The smallest absolute Gasteiger partial charge is 0.338 e. The van der Waals surface area contributed by atoms with Gasteiger partial charge in [0, 0.05) is 24.6 Å². The number of nitriles is 1. The Kier molecular flexibility index (Phi) is 6.15. The lowest BCUT2D eigenvalue weighted by atomic mass is 10.1. The molecule has 3 rings (SSSR count). The normalized spacial score (nSPS) is 10.4. The number of ether oxygens (including phenoxy) is 1. The highest BCUT2D eigenvalue weighted by atomic mass is 16.5. The van der Waals surface area contributed by atoms with E-state index in [2.05, 4.69) is 9.97 Å². The Bertz CT molecular complexity index is 1080. The van der Waals surface area contributed by atoms with Gasteiger partial charge in [-0.05, 0) is 55.3 Å². The summed E-state index contributed by atoms with van der Waals surface area (Å²) in [7, 11) is 0. The number of aryl methyl sites for hydroxylation is 2. The molecule has 0 radical (unpaired) electrons. The third-order valence-corrected chi connectivity index (χ3v) is 4.30. The number of anilines is 1. The Hall–Kier alpha value is -3.79. The monoisotopic (exact) mass is 388 g/mol. The van der Waals surface area contributed by atoms with E-state index < -0.39 is 12.6 Å². The Morgan fingerprint density at radius 2 is 1.72 bits per heavy atom. The highest BCUT2D eigenvalue weighted by molar-refractivity contribution is 5.98. The van der Waals surface area contributed by atoms with Crippen molar-refractivity contribution in [2.24, 2.45) is 0 Å². The molecule has 0 N–H and O–H groups in total. The van der Waals surface area contributed by atoms with Crippen molar-refractivity contribution in [3.8, 4) is 6.07 Å². The SMILES string of the molecule is Cc1cc(C)cc(N(CCC#N)C(=O)COC(=O)c2ccc3nccnc3c2)c1. The lowest BCUT2D eigenvalue weighted by Gasteiger charge is -2.22. The van der Waals surface area contributed by atoms with Crippen molar-refractivity contribution in [3.05, 3.63) is 65.5 Å². The van der Waals surface area contributed by atoms with E-state index in [0.29, 0.717) is 22.3 Å². The summed E-state index contributed by atoms with van der Waals surface area (Å²) in [6, 6.07) is 12.6. The van der Waals surface area contributed by atoms with Crippen LogP contribution in [0.2, 0.25) is 0 Å². The van der Waals surface area contributed by atoms with Crippen molar-refractivity contribution >= 4 is 28.6 Å². The number of amides is 1. The number of carbonyl (C=O) groups excluding carboxylic acids is 2. The van der Waals surface area contributed by atoms with Gasteiger partial charge in [0.1, 0.15) is 0 Å². The van der Waals surface area contributed by atoms with Gasteiger partial charge in [0.05, 0.1) is 29.1 Å². The summed E-state index contributed by atoms with van der Waals surface area (Å²) in [6.07, 6.45) is 3.29. The van der Waals surface area contributed by atoms with Gasteiger partial charge in [0.15, 0.2) is 6.61 Å². The van der Waals surface area contributed by atoms with Crippen molar-refractivity contribution < 1.29 is 14.3 Å². The van der Waals surface area contributed by atoms with Gasteiger partial charge in [-0.25, -0.2) is 4.79 Å². The molecule has 1 amide bonds. The number of hydrogen-bond donors (Lipinski definition) is 0. The van der Waals surface area contributed by atoms with Gasteiger partial charge in [-0.1, -0.05) is 6.07 Å². The third kappa shape index (κ3) is 4.93. The van der Waals surface area contributed by atoms with Crippen molar-refractivity contribution in [1.82, 2.24) is 9.97 Å². The van der Waals surface area contributed by atoms with Crippen LogP contribution in [0.3, 0.4) is 0 Å². The molecule has 0 saturated carbocycles. The van der Waals surface area contributed by atoms with Gasteiger partial charge < -0.3 is 9.64 Å². The van der Waals surface area contributed by atoms with Crippen LogP contribution < -0.4 is 4.90 Å². The summed E-state index contributed by atoms with van der Waals surface area (Å²) in [6.45, 7) is 3.68. The van der Waals surface area contributed by atoms with E-state index in [-0.39, 0.29) is 18.9 Å². The van der Waals surface area contributed by atoms with Crippen LogP contribution >= 0.6 is 0 Å². The van der Waals surface area contributed by atoms with Crippen LogP contribution in [-0.2, 0) is 9.53 Å². The predicted molar refractivity (Wildman–Crippen MR) is 108 cm³/mol. The maximum Gasteiger partial charge on any atom is 0.338 e. The number of hydrogen-bond acceptors (Lipinski definition) is 6. The number of rotatable bonds is 6. The summed E-state index contributed by atoms with van der Waals surface area (Å²) >= 11 is 0. The number of esters is 1. The molecule has 3 aromatic rings. The third-order valence-electron chi connectivity index (χ3n) is 4.30. The molecule has 146 valence electrons. The molecule has 0 aliphatic carbocycles. The number of aromatic nitrogens is 2. The minimum Gasteiger partial charge on any atom is -0.452 e. The van der Waals surface area contributed by atoms with E-state index in [4.69, 9.17) is 10.00 Å². The van der Waals surface area contributed by atoms with Gasteiger partial charge in [0.25, 0.3) is 5.91 Å². The van der Waals surface area contributed by atoms with Gasteiger partial charge in [0.2, 0.25) is 0 Å². The fourth-order valence-electron chi connectivity index (χ4n) is 3.04. The zero-order valence-electron chi connectivity index (χ0n) is 16.3. The first-order chi connectivity index (χ1) is 14.0. The molecule has 1 heterocycles. The van der Waals surface area contributed by atoms with Crippen molar-refractivity contribution in [1.29, 1.82) is 5.26 Å². The lowest BCUT2D eigenvalue weighted by Crippen LogP contribution is -2.35. The average molecular weight is 388 g/mol. The second-order valence-corrected chi connectivity index (χ2v) is 6.64. The minimum atomic E-state index is -0.619. The number of nitrogens with zero attached hydrogens (tertiary/aromatic N) is 4. The molecule has 0 bridgehead atoms. The van der Waals surface area contributed by atoms with E-state index in [9.17, 15) is 9.59 Å². The molecule has 0 spiro atoms. The molecule has 1 aromatic heterocycles. The van der Waals surface area contributed by atoms with Gasteiger partial charge >= 0.3 is 5.97 Å². The molecule has 7 nitrogen and oxygen atoms in total. The Morgan fingerprint density at radius 3 is 2.41 bits per heavy atom. The summed E-state index contributed by atoms with van der Waals surface area (Å²) in [5, 5.41) is 8.92. The predicted octanol–water partition coefficient (Wildman–Crippen LogP) is 3.35. The fourth-order valence-corrected chi connectivity index (χ4v) is 3.04. The van der Waals surface area contributed by atoms with Crippen molar-refractivity contribution in [2.45, 2.75) is 20.3 Å². The van der Waals surface area contributed by atoms with E-state index in [1.165, 1.54) is 11.1 Å². The van der Waals surface area contributed by atoms with Crippen LogP contribution in [0, 0.1) is 25.2 Å². The lowest BCUT2D eigenvalue weighted by molar-refractivity contribution is -0.121. The van der Waals surface area contributed by atoms with Crippen LogP contribution in [0.4, 0.5) is 5.69 Å². The zero-order valence-corrected chi connectivity index (χ0v) is 16.3. The molecule has 2 aromatic carbocycles. The molecule has 7 heteroatoms. The highest BCUT2D eigenvalue weighted by Crippen LogP contribution is 2.20. The van der Waals surface area contributed by atoms with Crippen LogP contribution in [-0.4, -0.2) is 35.0 Å². The second-order valence-electron chi connectivity index (χ2n) is 6.64. The summed E-state index contributed by atoms with van der Waals surface area (Å²) in [5.74, 6) is -1.01. The highest BCUT2D eigenvalue weighted by Gasteiger charge is 2.19. The number of benzene rings is 2. The quantitative estimate of drug-likeness (QED) is 0.601. The van der Waals surface area contributed by atoms with E-state index in [1.807, 2.05) is 38.1 Å². The van der Waals surface area contributed by atoms with Crippen LogP contribution in [0.5, 0.6) is 0 Å². The fraction of sp³-hybridized carbons (Fsp3) is 0.227. The standard InChI is InChI=1S/C22H20N4O3/c1-15-10-16(2)12-18(11-15)26(9-3-6-23)21(27)14-29-22(28)17-4-5-19-20(13-17)25-8-7-24-19/h4-5,7-8,10-13H,3,9,14H2,1-2H3. The molecule has 0 aliphatic rings. The van der Waals surface area contributed by atoms with E-state index in [1.54, 1.807) is 24.4 Å². The summed E-state index contributed by atoms with van der Waals surface area (Å²) < 4.78 is 5.22. The zero-order chi connectivity index (χ0) is 20.8. The summed E-state index contributed by atoms with van der Waals surface area (Å²) in [5.41, 5.74) is 4.21. The van der Waals surface area contributed by atoms with Gasteiger partial charge in [-0.2, -0.15) is 5.26 Å². The minimum absolute atomic E-state index is 0.177. The molecule has 0 unspecified atom stereocenters. The van der Waals surface area contributed by atoms with Crippen LogP contribution in [0.1, 0.15) is 27.9 Å². The topological polar surface area (TPSA) is 96.2 Å². The van der Waals surface area contributed by atoms with Crippen LogP contribution in [0.15, 0.2) is 48.8 Å². The molecule has 0 fully saturated rings. The first-order valence-electron chi connectivity index (χ1n) is 9.11. The Labute approximate surface area is 168 Å². The molecule has 0 atom stereocenters.